The van der Waals surface area contributed by atoms with Gasteiger partial charge in [0, 0.05) is 67.2 Å². The van der Waals surface area contributed by atoms with E-state index < -0.39 is 5.82 Å². The van der Waals surface area contributed by atoms with E-state index >= 15 is 0 Å². The molecular formula is C27H33FN6OS. The first kappa shape index (κ1) is 25.8. The number of aromatic nitrogens is 3. The Morgan fingerprint density at radius 3 is 2.67 bits per heavy atom. The van der Waals surface area contributed by atoms with Gasteiger partial charge < -0.3 is 15.0 Å². The van der Waals surface area contributed by atoms with Crippen molar-refractivity contribution in [2.75, 3.05) is 55.5 Å². The lowest BCUT2D eigenvalue weighted by Gasteiger charge is -2.26. The fourth-order valence-electron chi connectivity index (χ4n) is 4.05. The molecule has 3 aromatic rings. The predicted octanol–water partition coefficient (Wildman–Crippen LogP) is 5.25. The summed E-state index contributed by atoms with van der Waals surface area (Å²) in [6.07, 6.45) is 9.40. The summed E-state index contributed by atoms with van der Waals surface area (Å²) in [4.78, 5) is 11.0. The SMILES string of the molecule is COc1ccc(-c2cnccnccn2Nc2ccc(NCCCN3CCSCC3)c(C)c2)cc1F. The average Bonchev–Trinajstić information content (AvgIpc) is 3.00. The molecule has 4 rings (SSSR count). The summed E-state index contributed by atoms with van der Waals surface area (Å²) in [7, 11) is 1.45. The predicted molar refractivity (Wildman–Crippen MR) is 147 cm³/mol. The Morgan fingerprint density at radius 2 is 1.89 bits per heavy atom. The van der Waals surface area contributed by atoms with Crippen LogP contribution in [-0.4, -0.2) is 64.3 Å². The van der Waals surface area contributed by atoms with E-state index in [2.05, 4.69) is 44.7 Å². The molecule has 1 saturated heterocycles. The molecule has 0 atom stereocenters. The summed E-state index contributed by atoms with van der Waals surface area (Å²) in [5, 5.41) is 3.57. The quantitative estimate of drug-likeness (QED) is 0.383. The van der Waals surface area contributed by atoms with Gasteiger partial charge in [-0.25, -0.2) is 4.39 Å². The van der Waals surface area contributed by atoms with E-state index in [-0.39, 0.29) is 5.75 Å². The van der Waals surface area contributed by atoms with E-state index in [1.54, 1.807) is 47.8 Å². The summed E-state index contributed by atoms with van der Waals surface area (Å²) in [6, 6.07) is 11.0. The normalized spacial score (nSPS) is 13.6. The number of anilines is 2. The third-order valence-electron chi connectivity index (χ3n) is 5.99. The number of halogens is 1. The second-order valence-corrected chi connectivity index (χ2v) is 9.73. The zero-order valence-corrected chi connectivity index (χ0v) is 21.6. The van der Waals surface area contributed by atoms with Crippen molar-refractivity contribution >= 4 is 23.1 Å². The summed E-state index contributed by atoms with van der Waals surface area (Å²) in [6.45, 7) is 6.57. The van der Waals surface area contributed by atoms with Gasteiger partial charge in [-0.05, 0) is 61.9 Å². The Morgan fingerprint density at radius 1 is 1.06 bits per heavy atom. The molecule has 1 fully saturated rings. The number of aryl methyl sites for hydroxylation is 1. The van der Waals surface area contributed by atoms with Crippen molar-refractivity contribution in [2.24, 2.45) is 0 Å². The van der Waals surface area contributed by atoms with E-state index in [0.29, 0.717) is 11.3 Å². The lowest BCUT2D eigenvalue weighted by atomic mass is 10.1. The van der Waals surface area contributed by atoms with Gasteiger partial charge in [-0.2, -0.15) is 11.8 Å². The van der Waals surface area contributed by atoms with Gasteiger partial charge in [0.25, 0.3) is 0 Å². The molecule has 0 radical (unpaired) electrons. The molecule has 0 amide bonds. The van der Waals surface area contributed by atoms with Crippen molar-refractivity contribution in [1.82, 2.24) is 19.5 Å². The molecule has 2 N–H and O–H groups in total. The molecular weight excluding hydrogens is 475 g/mol. The Bertz CT molecular complexity index is 1200. The number of hydrogen-bond donors (Lipinski definition) is 2. The second-order valence-electron chi connectivity index (χ2n) is 8.50. The molecule has 1 aliphatic rings. The van der Waals surface area contributed by atoms with Crippen LogP contribution < -0.4 is 15.5 Å². The van der Waals surface area contributed by atoms with Crippen molar-refractivity contribution in [3.05, 3.63) is 78.8 Å². The monoisotopic (exact) mass is 508 g/mol. The molecule has 0 unspecified atom stereocenters. The van der Waals surface area contributed by atoms with Gasteiger partial charge in [0.2, 0.25) is 0 Å². The molecule has 36 heavy (non-hydrogen) atoms. The standard InChI is InChI=1S/C27H33FN6OS/c1-21-18-23(5-6-25(21)31-8-3-12-33-14-16-36-17-15-33)32-34-13-11-29-9-10-30-20-26(34)22-4-7-27(35-2)24(28)19-22/h4-7,9-11,13,18-20,31-32H,3,8,12,14-17H2,1-2H3. The molecule has 9 heteroatoms. The second kappa shape index (κ2) is 13.1. The van der Waals surface area contributed by atoms with Gasteiger partial charge in [0.1, 0.15) is 0 Å². The molecule has 1 aliphatic heterocycles. The van der Waals surface area contributed by atoms with Gasteiger partial charge in [-0.1, -0.05) is 0 Å². The van der Waals surface area contributed by atoms with Gasteiger partial charge >= 0.3 is 0 Å². The van der Waals surface area contributed by atoms with Crippen molar-refractivity contribution < 1.29 is 9.13 Å². The summed E-state index contributed by atoms with van der Waals surface area (Å²) in [5.74, 6) is 2.25. The van der Waals surface area contributed by atoms with Gasteiger partial charge in [-0.3, -0.25) is 20.1 Å². The summed E-state index contributed by atoms with van der Waals surface area (Å²) in [5.41, 5.74) is 7.85. The number of rotatable bonds is 9. The highest BCUT2D eigenvalue weighted by atomic mass is 32.2. The molecule has 7 nitrogen and oxygen atoms in total. The Labute approximate surface area is 216 Å². The summed E-state index contributed by atoms with van der Waals surface area (Å²) < 4.78 is 21.3. The first-order valence-corrected chi connectivity index (χ1v) is 13.3. The zero-order valence-electron chi connectivity index (χ0n) is 20.8. The molecule has 0 saturated carbocycles. The summed E-state index contributed by atoms with van der Waals surface area (Å²) >= 11 is 2.04. The highest BCUT2D eigenvalue weighted by Crippen LogP contribution is 2.26. The lowest BCUT2D eigenvalue weighted by Crippen LogP contribution is -2.34. The smallest absolute Gasteiger partial charge is 0.165 e. The van der Waals surface area contributed by atoms with Gasteiger partial charge in [-0.15, -0.1) is 0 Å². The third kappa shape index (κ3) is 7.11. The maximum absolute atomic E-state index is 14.5. The minimum atomic E-state index is -0.439. The van der Waals surface area contributed by atoms with Crippen LogP contribution in [0.4, 0.5) is 15.8 Å². The molecule has 190 valence electrons. The van der Waals surface area contributed by atoms with Gasteiger partial charge in [0.15, 0.2) is 11.6 Å². The number of hydrogen-bond acceptors (Lipinski definition) is 7. The molecule has 2 heterocycles. The van der Waals surface area contributed by atoms with E-state index in [4.69, 9.17) is 4.74 Å². The van der Waals surface area contributed by atoms with Crippen molar-refractivity contribution in [2.45, 2.75) is 13.3 Å². The minimum absolute atomic E-state index is 0.193. The minimum Gasteiger partial charge on any atom is -0.494 e. The highest BCUT2D eigenvalue weighted by molar-refractivity contribution is 7.99. The van der Waals surface area contributed by atoms with Crippen LogP contribution in [-0.2, 0) is 0 Å². The van der Waals surface area contributed by atoms with E-state index in [1.807, 2.05) is 17.8 Å². The van der Waals surface area contributed by atoms with Crippen molar-refractivity contribution in [1.29, 1.82) is 0 Å². The van der Waals surface area contributed by atoms with Crippen LogP contribution >= 0.6 is 11.8 Å². The fraction of sp³-hybridized carbons (Fsp3) is 0.333. The van der Waals surface area contributed by atoms with Crippen LogP contribution in [0, 0.1) is 12.7 Å². The van der Waals surface area contributed by atoms with E-state index in [1.165, 1.54) is 37.8 Å². The van der Waals surface area contributed by atoms with Crippen molar-refractivity contribution in [3.63, 3.8) is 0 Å². The van der Waals surface area contributed by atoms with Crippen LogP contribution in [0.5, 0.6) is 5.75 Å². The molecule has 0 aliphatic carbocycles. The Kier molecular flexibility index (Phi) is 9.40. The first-order valence-electron chi connectivity index (χ1n) is 12.1. The largest absolute Gasteiger partial charge is 0.494 e. The molecule has 0 spiro atoms. The Balaban J connectivity index is 1.49. The number of nitrogens with zero attached hydrogens (tertiary/aromatic N) is 4. The zero-order chi connectivity index (χ0) is 25.2. The number of benzene rings is 2. The Hall–Kier alpha value is -3.30. The fourth-order valence-corrected chi connectivity index (χ4v) is 5.02. The maximum Gasteiger partial charge on any atom is 0.165 e. The number of ether oxygens (including phenoxy) is 1. The lowest BCUT2D eigenvalue weighted by molar-refractivity contribution is 0.301. The molecule has 1 aromatic heterocycles. The number of thioether (sulfide) groups is 1. The number of nitrogens with one attached hydrogen (secondary N) is 2. The average molecular weight is 509 g/mol. The maximum atomic E-state index is 14.5. The van der Waals surface area contributed by atoms with E-state index in [0.717, 1.165) is 36.4 Å². The topological polar surface area (TPSA) is 67.2 Å². The van der Waals surface area contributed by atoms with Crippen LogP contribution in [0.2, 0.25) is 0 Å². The molecule has 0 bridgehead atoms. The van der Waals surface area contributed by atoms with Crippen LogP contribution in [0.1, 0.15) is 12.0 Å². The highest BCUT2D eigenvalue weighted by Gasteiger charge is 2.10. The van der Waals surface area contributed by atoms with Crippen molar-refractivity contribution in [3.8, 4) is 17.0 Å². The van der Waals surface area contributed by atoms with Crippen LogP contribution in [0.3, 0.4) is 0 Å². The molecule has 2 aromatic carbocycles. The third-order valence-corrected chi connectivity index (χ3v) is 6.93. The van der Waals surface area contributed by atoms with Crippen LogP contribution in [0.25, 0.3) is 11.3 Å². The first-order chi connectivity index (χ1) is 17.6. The number of methoxy groups -OCH3 is 1. The van der Waals surface area contributed by atoms with Crippen LogP contribution in [0.15, 0.2) is 67.4 Å². The van der Waals surface area contributed by atoms with E-state index in [9.17, 15) is 4.39 Å². The van der Waals surface area contributed by atoms with Gasteiger partial charge in [0.05, 0.1) is 24.7 Å².